The zero-order valence-electron chi connectivity index (χ0n) is 6.03. The molecule has 0 heterocycles. The summed E-state index contributed by atoms with van der Waals surface area (Å²) < 4.78 is -0.330. The highest BCUT2D eigenvalue weighted by Gasteiger charge is 2.23. The minimum absolute atomic E-state index is 0.330. The minimum atomic E-state index is -0.330. The molecule has 0 aliphatic rings. The van der Waals surface area contributed by atoms with Crippen LogP contribution in [0.5, 0.6) is 0 Å². The van der Waals surface area contributed by atoms with Gasteiger partial charge in [-0.15, -0.1) is 0 Å². The standard InChI is InChI=1S/C7H11Br2N/c1-2-3-4-7(9,5-8)6-10/h2-5H2,1H3. The largest absolute Gasteiger partial charge is 0.197 e. The van der Waals surface area contributed by atoms with E-state index in [0.29, 0.717) is 5.33 Å². The minimum Gasteiger partial charge on any atom is -0.197 e. The molecule has 0 aromatic rings. The van der Waals surface area contributed by atoms with Crippen molar-refractivity contribution in [3.63, 3.8) is 0 Å². The summed E-state index contributed by atoms with van der Waals surface area (Å²) in [5.41, 5.74) is 0. The average molecular weight is 269 g/mol. The lowest BCUT2D eigenvalue weighted by atomic mass is 10.1. The van der Waals surface area contributed by atoms with E-state index in [2.05, 4.69) is 44.9 Å². The first kappa shape index (κ1) is 10.4. The Morgan fingerprint density at radius 3 is 2.50 bits per heavy atom. The molecule has 1 unspecified atom stereocenters. The average Bonchev–Trinajstić information content (AvgIpc) is 2.00. The van der Waals surface area contributed by atoms with Crippen molar-refractivity contribution < 1.29 is 0 Å². The van der Waals surface area contributed by atoms with E-state index in [1.54, 1.807) is 0 Å². The molecule has 0 saturated carbocycles. The fourth-order valence-electron chi connectivity index (χ4n) is 0.610. The SMILES string of the molecule is CCCCC(Br)(C#N)CBr. The Morgan fingerprint density at radius 2 is 2.20 bits per heavy atom. The van der Waals surface area contributed by atoms with E-state index in [9.17, 15) is 0 Å². The molecule has 3 heteroatoms. The van der Waals surface area contributed by atoms with Crippen LogP contribution in [-0.2, 0) is 0 Å². The number of hydrogen-bond acceptors (Lipinski definition) is 1. The molecule has 58 valence electrons. The lowest BCUT2D eigenvalue weighted by Crippen LogP contribution is -2.19. The van der Waals surface area contributed by atoms with Crippen LogP contribution in [-0.4, -0.2) is 9.65 Å². The van der Waals surface area contributed by atoms with Gasteiger partial charge in [0.1, 0.15) is 4.32 Å². The Labute approximate surface area is 79.1 Å². The fourth-order valence-corrected chi connectivity index (χ4v) is 1.30. The summed E-state index contributed by atoms with van der Waals surface area (Å²) in [5.74, 6) is 0. The number of alkyl halides is 2. The lowest BCUT2D eigenvalue weighted by Gasteiger charge is -2.14. The first-order valence-electron chi connectivity index (χ1n) is 3.34. The Balaban J connectivity index is 3.72. The molecule has 1 atom stereocenters. The normalized spacial score (nSPS) is 15.8. The van der Waals surface area contributed by atoms with E-state index in [4.69, 9.17) is 5.26 Å². The van der Waals surface area contributed by atoms with Gasteiger partial charge in [-0.3, -0.25) is 0 Å². The van der Waals surface area contributed by atoms with Gasteiger partial charge in [0.2, 0.25) is 0 Å². The van der Waals surface area contributed by atoms with Gasteiger partial charge in [-0.05, 0) is 6.42 Å². The van der Waals surface area contributed by atoms with Crippen LogP contribution in [0.15, 0.2) is 0 Å². The molecule has 0 N–H and O–H groups in total. The van der Waals surface area contributed by atoms with E-state index < -0.39 is 0 Å². The van der Waals surface area contributed by atoms with Crippen molar-refractivity contribution >= 4 is 31.9 Å². The van der Waals surface area contributed by atoms with Gasteiger partial charge in [0.05, 0.1) is 6.07 Å². The van der Waals surface area contributed by atoms with Gasteiger partial charge in [-0.1, -0.05) is 51.6 Å². The zero-order valence-corrected chi connectivity index (χ0v) is 9.20. The van der Waals surface area contributed by atoms with Crippen LogP contribution < -0.4 is 0 Å². The van der Waals surface area contributed by atoms with E-state index in [1.165, 1.54) is 0 Å². The van der Waals surface area contributed by atoms with Crippen molar-refractivity contribution in [2.75, 3.05) is 5.33 Å². The van der Waals surface area contributed by atoms with Crippen molar-refractivity contribution in [1.82, 2.24) is 0 Å². The Hall–Kier alpha value is 0.450. The number of unbranched alkanes of at least 4 members (excludes halogenated alkanes) is 1. The van der Waals surface area contributed by atoms with E-state index in [-0.39, 0.29) is 4.32 Å². The van der Waals surface area contributed by atoms with E-state index in [0.717, 1.165) is 19.3 Å². The van der Waals surface area contributed by atoms with Crippen LogP contribution in [0.4, 0.5) is 0 Å². The second kappa shape index (κ2) is 5.15. The summed E-state index contributed by atoms with van der Waals surface area (Å²) in [6.07, 6.45) is 3.16. The highest BCUT2D eigenvalue weighted by Crippen LogP contribution is 2.26. The van der Waals surface area contributed by atoms with Crippen LogP contribution in [0.3, 0.4) is 0 Å². The Bertz CT molecular complexity index is 130. The number of nitriles is 1. The third-order valence-electron chi connectivity index (χ3n) is 1.34. The van der Waals surface area contributed by atoms with Crippen molar-refractivity contribution in [2.45, 2.75) is 30.5 Å². The van der Waals surface area contributed by atoms with Gasteiger partial charge in [-0.2, -0.15) is 5.26 Å². The highest BCUT2D eigenvalue weighted by molar-refractivity contribution is 9.12. The van der Waals surface area contributed by atoms with Gasteiger partial charge < -0.3 is 0 Å². The van der Waals surface area contributed by atoms with E-state index >= 15 is 0 Å². The molecule has 0 fully saturated rings. The van der Waals surface area contributed by atoms with Gasteiger partial charge in [0.25, 0.3) is 0 Å². The number of rotatable bonds is 4. The quantitative estimate of drug-likeness (QED) is 0.719. The molecule has 0 bridgehead atoms. The van der Waals surface area contributed by atoms with E-state index in [1.807, 2.05) is 0 Å². The smallest absolute Gasteiger partial charge is 0.122 e. The second-order valence-corrected chi connectivity index (χ2v) is 4.39. The Kier molecular flexibility index (Phi) is 5.38. The molecule has 10 heavy (non-hydrogen) atoms. The molecule has 0 aliphatic heterocycles. The molecule has 0 aromatic heterocycles. The van der Waals surface area contributed by atoms with Crippen LogP contribution >= 0.6 is 31.9 Å². The number of halogens is 2. The predicted octanol–water partition coefficient (Wildman–Crippen LogP) is 3.23. The van der Waals surface area contributed by atoms with Crippen molar-refractivity contribution in [3.05, 3.63) is 0 Å². The van der Waals surface area contributed by atoms with Crippen LogP contribution in [0.25, 0.3) is 0 Å². The van der Waals surface area contributed by atoms with Gasteiger partial charge >= 0.3 is 0 Å². The molecule has 1 nitrogen and oxygen atoms in total. The lowest BCUT2D eigenvalue weighted by molar-refractivity contribution is 0.662. The third kappa shape index (κ3) is 3.58. The number of hydrogen-bond donors (Lipinski definition) is 0. The Morgan fingerprint density at radius 1 is 1.60 bits per heavy atom. The molecular formula is C7H11Br2N. The van der Waals surface area contributed by atoms with Crippen LogP contribution in [0.1, 0.15) is 26.2 Å². The van der Waals surface area contributed by atoms with Gasteiger partial charge in [0.15, 0.2) is 0 Å². The zero-order chi connectivity index (χ0) is 8.04. The highest BCUT2D eigenvalue weighted by atomic mass is 79.9. The van der Waals surface area contributed by atoms with Crippen LogP contribution in [0.2, 0.25) is 0 Å². The number of nitrogens with zero attached hydrogens (tertiary/aromatic N) is 1. The summed E-state index contributed by atoms with van der Waals surface area (Å²) >= 11 is 6.67. The summed E-state index contributed by atoms with van der Waals surface area (Å²) in [7, 11) is 0. The molecular weight excluding hydrogens is 258 g/mol. The first-order valence-corrected chi connectivity index (χ1v) is 5.26. The molecule has 0 amide bonds. The van der Waals surface area contributed by atoms with Gasteiger partial charge in [-0.25, -0.2) is 0 Å². The van der Waals surface area contributed by atoms with Crippen LogP contribution in [0, 0.1) is 11.3 Å². The maximum Gasteiger partial charge on any atom is 0.122 e. The summed E-state index contributed by atoms with van der Waals surface area (Å²) in [6.45, 7) is 2.12. The second-order valence-electron chi connectivity index (χ2n) is 2.31. The predicted molar refractivity (Wildman–Crippen MR) is 50.6 cm³/mol. The summed E-state index contributed by atoms with van der Waals surface area (Å²) in [4.78, 5) is 0. The maximum atomic E-state index is 8.69. The molecule has 0 aromatic carbocycles. The summed E-state index contributed by atoms with van der Waals surface area (Å²) in [5, 5.41) is 9.39. The van der Waals surface area contributed by atoms with Crippen molar-refractivity contribution in [2.24, 2.45) is 0 Å². The first-order chi connectivity index (χ1) is 4.68. The van der Waals surface area contributed by atoms with Crippen molar-refractivity contribution in [1.29, 1.82) is 5.26 Å². The van der Waals surface area contributed by atoms with Gasteiger partial charge in [0, 0.05) is 5.33 Å². The van der Waals surface area contributed by atoms with Crippen molar-refractivity contribution in [3.8, 4) is 6.07 Å². The fraction of sp³-hybridized carbons (Fsp3) is 0.857. The third-order valence-corrected chi connectivity index (χ3v) is 3.90. The molecule has 0 saturated heterocycles. The topological polar surface area (TPSA) is 23.8 Å². The maximum absolute atomic E-state index is 8.69. The monoisotopic (exact) mass is 267 g/mol. The molecule has 0 aliphatic carbocycles. The molecule has 0 spiro atoms. The summed E-state index contributed by atoms with van der Waals surface area (Å²) in [6, 6.07) is 2.23. The molecule has 0 radical (unpaired) electrons. The molecule has 0 rings (SSSR count).